The van der Waals surface area contributed by atoms with E-state index >= 15 is 0 Å². The van der Waals surface area contributed by atoms with Crippen LogP contribution in [0.4, 0.5) is 0 Å². The molecule has 0 saturated heterocycles. The summed E-state index contributed by atoms with van der Waals surface area (Å²) in [7, 11) is 0. The second kappa shape index (κ2) is 3.27. The van der Waals surface area contributed by atoms with E-state index in [-0.39, 0.29) is 6.79 Å². The molecule has 76 valence electrons. The zero-order valence-corrected chi connectivity index (χ0v) is 9.24. The first-order chi connectivity index (χ1) is 7.34. The first-order valence-electron chi connectivity index (χ1n) is 4.43. The van der Waals surface area contributed by atoms with Gasteiger partial charge < -0.3 is 14.5 Å². The standard InChI is InChI=1S/C10H7BrN2O2/c11-7-4-9-8(14-5-15-9)3-6(7)10-12-1-2-13-10/h1-4H,5H2,(H,12,13). The molecule has 2 heterocycles. The lowest BCUT2D eigenvalue weighted by Gasteiger charge is -2.03. The number of H-pyrrole nitrogens is 1. The molecule has 0 aliphatic carbocycles. The molecule has 0 bridgehead atoms. The van der Waals surface area contributed by atoms with Crippen LogP contribution in [0.1, 0.15) is 0 Å². The van der Waals surface area contributed by atoms with Crippen molar-refractivity contribution in [1.82, 2.24) is 9.97 Å². The van der Waals surface area contributed by atoms with Crippen molar-refractivity contribution in [2.45, 2.75) is 0 Å². The van der Waals surface area contributed by atoms with Crippen molar-refractivity contribution in [3.05, 3.63) is 29.0 Å². The van der Waals surface area contributed by atoms with Crippen LogP contribution in [0, 0.1) is 0 Å². The summed E-state index contributed by atoms with van der Waals surface area (Å²) >= 11 is 3.48. The van der Waals surface area contributed by atoms with Gasteiger partial charge in [-0.2, -0.15) is 0 Å². The molecule has 1 N–H and O–H groups in total. The van der Waals surface area contributed by atoms with Gasteiger partial charge in [-0.05, 0) is 28.1 Å². The molecule has 1 aromatic carbocycles. The average molecular weight is 267 g/mol. The average Bonchev–Trinajstić information content (AvgIpc) is 2.85. The topological polar surface area (TPSA) is 47.1 Å². The van der Waals surface area contributed by atoms with Crippen LogP contribution in [0.25, 0.3) is 11.4 Å². The van der Waals surface area contributed by atoms with Gasteiger partial charge in [0.25, 0.3) is 0 Å². The first-order valence-corrected chi connectivity index (χ1v) is 5.23. The lowest BCUT2D eigenvalue weighted by molar-refractivity contribution is 0.174. The van der Waals surface area contributed by atoms with E-state index in [1.54, 1.807) is 12.4 Å². The SMILES string of the molecule is Brc1cc2c(cc1-c1ncc[nH]1)OCO2. The number of nitrogens with one attached hydrogen (secondary N) is 1. The molecule has 0 atom stereocenters. The Morgan fingerprint density at radius 2 is 2.07 bits per heavy atom. The molecular weight excluding hydrogens is 260 g/mol. The summed E-state index contributed by atoms with van der Waals surface area (Å²) in [5.74, 6) is 2.32. The predicted molar refractivity (Wildman–Crippen MR) is 57.8 cm³/mol. The van der Waals surface area contributed by atoms with Crippen molar-refractivity contribution in [3.8, 4) is 22.9 Å². The Kier molecular flexibility index (Phi) is 1.92. The van der Waals surface area contributed by atoms with Gasteiger partial charge in [-0.15, -0.1) is 0 Å². The van der Waals surface area contributed by atoms with E-state index in [0.29, 0.717) is 0 Å². The van der Waals surface area contributed by atoms with Crippen molar-refractivity contribution in [2.75, 3.05) is 6.79 Å². The molecule has 0 amide bonds. The van der Waals surface area contributed by atoms with Crippen LogP contribution in [0.3, 0.4) is 0 Å². The Balaban J connectivity index is 2.17. The van der Waals surface area contributed by atoms with Gasteiger partial charge in [-0.1, -0.05) is 0 Å². The second-order valence-electron chi connectivity index (χ2n) is 3.12. The Labute approximate surface area is 94.4 Å². The lowest BCUT2D eigenvalue weighted by atomic mass is 10.2. The van der Waals surface area contributed by atoms with E-state index in [2.05, 4.69) is 25.9 Å². The van der Waals surface area contributed by atoms with Crippen LogP contribution in [-0.2, 0) is 0 Å². The molecule has 0 fully saturated rings. The van der Waals surface area contributed by atoms with Crippen LogP contribution in [-0.4, -0.2) is 16.8 Å². The molecule has 0 radical (unpaired) electrons. The van der Waals surface area contributed by atoms with Gasteiger partial charge in [-0.25, -0.2) is 4.98 Å². The summed E-state index contributed by atoms with van der Waals surface area (Å²) in [6, 6.07) is 3.80. The molecular formula is C10H7BrN2O2. The predicted octanol–water partition coefficient (Wildman–Crippen LogP) is 2.57. The molecule has 4 nitrogen and oxygen atoms in total. The number of hydrogen-bond acceptors (Lipinski definition) is 3. The maximum atomic E-state index is 5.31. The van der Waals surface area contributed by atoms with Gasteiger partial charge in [-0.3, -0.25) is 0 Å². The minimum absolute atomic E-state index is 0.281. The van der Waals surface area contributed by atoms with Gasteiger partial charge in [0.15, 0.2) is 11.5 Å². The summed E-state index contributed by atoms with van der Waals surface area (Å²) in [5, 5.41) is 0. The highest BCUT2D eigenvalue weighted by Gasteiger charge is 2.17. The molecule has 0 saturated carbocycles. The van der Waals surface area contributed by atoms with Crippen molar-refractivity contribution in [2.24, 2.45) is 0 Å². The first kappa shape index (κ1) is 8.79. The number of halogens is 1. The number of nitrogens with zero attached hydrogens (tertiary/aromatic N) is 1. The number of rotatable bonds is 1. The molecule has 5 heteroatoms. The maximum absolute atomic E-state index is 5.31. The third-order valence-corrected chi connectivity index (χ3v) is 2.87. The van der Waals surface area contributed by atoms with E-state index in [1.165, 1.54) is 0 Å². The number of aromatic nitrogens is 2. The lowest BCUT2D eigenvalue weighted by Crippen LogP contribution is -1.92. The fourth-order valence-corrected chi connectivity index (χ4v) is 2.02. The maximum Gasteiger partial charge on any atom is 0.231 e. The zero-order chi connectivity index (χ0) is 10.3. The van der Waals surface area contributed by atoms with E-state index in [4.69, 9.17) is 9.47 Å². The minimum atomic E-state index is 0.281. The highest BCUT2D eigenvalue weighted by molar-refractivity contribution is 9.10. The molecule has 0 spiro atoms. The van der Waals surface area contributed by atoms with Crippen LogP contribution >= 0.6 is 15.9 Å². The highest BCUT2D eigenvalue weighted by atomic mass is 79.9. The Morgan fingerprint density at radius 1 is 1.27 bits per heavy atom. The minimum Gasteiger partial charge on any atom is -0.454 e. The van der Waals surface area contributed by atoms with Crippen LogP contribution in [0.5, 0.6) is 11.5 Å². The van der Waals surface area contributed by atoms with Crippen molar-refractivity contribution in [1.29, 1.82) is 0 Å². The smallest absolute Gasteiger partial charge is 0.231 e. The number of aromatic amines is 1. The third-order valence-electron chi connectivity index (χ3n) is 2.22. The fraction of sp³-hybridized carbons (Fsp3) is 0.100. The highest BCUT2D eigenvalue weighted by Crippen LogP contribution is 2.39. The summed E-state index contributed by atoms with van der Waals surface area (Å²) < 4.78 is 11.5. The number of ether oxygens (including phenoxy) is 2. The fourth-order valence-electron chi connectivity index (χ4n) is 1.51. The molecule has 2 aromatic rings. The molecule has 1 aliphatic rings. The van der Waals surface area contributed by atoms with Crippen LogP contribution < -0.4 is 9.47 Å². The largest absolute Gasteiger partial charge is 0.454 e. The number of imidazole rings is 1. The summed E-state index contributed by atoms with van der Waals surface area (Å²) in [5.41, 5.74) is 0.962. The van der Waals surface area contributed by atoms with E-state index < -0.39 is 0 Å². The molecule has 15 heavy (non-hydrogen) atoms. The monoisotopic (exact) mass is 266 g/mol. The van der Waals surface area contributed by atoms with E-state index in [0.717, 1.165) is 27.4 Å². The van der Waals surface area contributed by atoms with Gasteiger partial charge in [0, 0.05) is 22.4 Å². The molecule has 3 rings (SSSR count). The number of fused-ring (bicyclic) bond motifs is 1. The van der Waals surface area contributed by atoms with Gasteiger partial charge in [0.2, 0.25) is 6.79 Å². The Bertz CT molecular complexity index is 496. The zero-order valence-electron chi connectivity index (χ0n) is 7.66. The van der Waals surface area contributed by atoms with E-state index in [1.807, 2.05) is 12.1 Å². The normalized spacial score (nSPS) is 13.1. The summed E-state index contributed by atoms with van der Waals surface area (Å²) in [4.78, 5) is 7.24. The van der Waals surface area contributed by atoms with Crippen molar-refractivity contribution >= 4 is 15.9 Å². The van der Waals surface area contributed by atoms with Crippen LogP contribution in [0.15, 0.2) is 29.0 Å². The molecule has 0 unspecified atom stereocenters. The van der Waals surface area contributed by atoms with Gasteiger partial charge in [0.1, 0.15) is 5.82 Å². The van der Waals surface area contributed by atoms with Gasteiger partial charge in [0.05, 0.1) is 0 Å². The number of benzene rings is 1. The molecule has 1 aliphatic heterocycles. The second-order valence-corrected chi connectivity index (χ2v) is 3.98. The molecule has 1 aromatic heterocycles. The summed E-state index contributed by atoms with van der Waals surface area (Å²) in [6.45, 7) is 0.281. The Morgan fingerprint density at radius 3 is 2.80 bits per heavy atom. The Hall–Kier alpha value is -1.49. The quantitative estimate of drug-likeness (QED) is 0.863. The van der Waals surface area contributed by atoms with Crippen LogP contribution in [0.2, 0.25) is 0 Å². The van der Waals surface area contributed by atoms with Gasteiger partial charge >= 0.3 is 0 Å². The summed E-state index contributed by atoms with van der Waals surface area (Å²) in [6.07, 6.45) is 3.50. The number of hydrogen-bond donors (Lipinski definition) is 1. The van der Waals surface area contributed by atoms with Crippen molar-refractivity contribution in [3.63, 3.8) is 0 Å². The van der Waals surface area contributed by atoms with Crippen molar-refractivity contribution < 1.29 is 9.47 Å². The third kappa shape index (κ3) is 1.39. The van der Waals surface area contributed by atoms with E-state index in [9.17, 15) is 0 Å².